The lowest BCUT2D eigenvalue weighted by Crippen LogP contribution is -2.25. The second-order valence-corrected chi connectivity index (χ2v) is 4.34. The van der Waals surface area contributed by atoms with Crippen LogP contribution in [-0.4, -0.2) is 11.9 Å². The molecule has 1 unspecified atom stereocenters. The van der Waals surface area contributed by atoms with Crippen molar-refractivity contribution in [3.05, 3.63) is 35.4 Å². The Morgan fingerprint density at radius 3 is 2.65 bits per heavy atom. The van der Waals surface area contributed by atoms with E-state index in [1.165, 1.54) is 12.1 Å². The van der Waals surface area contributed by atoms with E-state index < -0.39 is 11.7 Å². The summed E-state index contributed by atoms with van der Waals surface area (Å²) >= 11 is 5.57. The Morgan fingerprint density at radius 2 is 2.06 bits per heavy atom. The Morgan fingerprint density at radius 1 is 1.35 bits per heavy atom. The highest BCUT2D eigenvalue weighted by molar-refractivity contribution is 6.17. The van der Waals surface area contributed by atoms with E-state index in [0.29, 0.717) is 18.0 Å². The van der Waals surface area contributed by atoms with Crippen molar-refractivity contribution in [1.29, 1.82) is 0 Å². The number of hydrogen-bond acceptors (Lipinski definition) is 1. The molecule has 0 heterocycles. The first-order valence-corrected chi connectivity index (χ1v) is 5.92. The van der Waals surface area contributed by atoms with Crippen molar-refractivity contribution in [2.24, 2.45) is 0 Å². The quantitative estimate of drug-likeness (QED) is 0.799. The monoisotopic (exact) mass is 265 g/mol. The maximum atomic E-state index is 12.4. The lowest BCUT2D eigenvalue weighted by atomic mass is 10.1. The third-order valence-electron chi connectivity index (χ3n) is 2.45. The third-order valence-corrected chi connectivity index (χ3v) is 2.67. The van der Waals surface area contributed by atoms with Crippen molar-refractivity contribution in [3.63, 3.8) is 0 Å². The van der Waals surface area contributed by atoms with Gasteiger partial charge in [0.1, 0.15) is 0 Å². The summed E-state index contributed by atoms with van der Waals surface area (Å²) in [6, 6.07) is 5.54. The van der Waals surface area contributed by atoms with E-state index >= 15 is 0 Å². The van der Waals surface area contributed by atoms with E-state index in [-0.39, 0.29) is 6.04 Å². The Balaban J connectivity index is 2.60. The van der Waals surface area contributed by atoms with Crippen LogP contribution < -0.4 is 5.32 Å². The predicted octanol–water partition coefficient (Wildman–Crippen LogP) is 3.81. The fourth-order valence-electron chi connectivity index (χ4n) is 1.42. The number of nitrogens with one attached hydrogen (secondary N) is 1. The van der Waals surface area contributed by atoms with Crippen LogP contribution in [0.1, 0.15) is 24.5 Å². The first-order valence-electron chi connectivity index (χ1n) is 5.39. The zero-order valence-electron chi connectivity index (χ0n) is 9.52. The molecule has 0 amide bonds. The molecule has 17 heavy (non-hydrogen) atoms. The Labute approximate surface area is 104 Å². The third kappa shape index (κ3) is 4.96. The molecule has 0 aliphatic rings. The van der Waals surface area contributed by atoms with E-state index in [2.05, 4.69) is 5.32 Å². The Bertz CT molecular complexity index is 352. The van der Waals surface area contributed by atoms with Crippen LogP contribution in [0, 0.1) is 0 Å². The lowest BCUT2D eigenvalue weighted by molar-refractivity contribution is -0.137. The van der Waals surface area contributed by atoms with E-state index in [1.54, 1.807) is 6.07 Å². The molecular formula is C12H15ClF3N. The smallest absolute Gasteiger partial charge is 0.310 e. The second kappa shape index (κ2) is 6.26. The van der Waals surface area contributed by atoms with Crippen molar-refractivity contribution in [2.45, 2.75) is 32.1 Å². The average molecular weight is 266 g/mol. The summed E-state index contributed by atoms with van der Waals surface area (Å²) in [4.78, 5) is 0. The minimum Gasteiger partial charge on any atom is -0.310 e. The molecule has 0 spiro atoms. The Hall–Kier alpha value is -0.740. The van der Waals surface area contributed by atoms with Gasteiger partial charge in [0.15, 0.2) is 0 Å². The van der Waals surface area contributed by atoms with Gasteiger partial charge in [0.2, 0.25) is 0 Å². The molecule has 96 valence electrons. The van der Waals surface area contributed by atoms with Gasteiger partial charge in [0.05, 0.1) is 5.56 Å². The van der Waals surface area contributed by atoms with Crippen molar-refractivity contribution in [1.82, 2.24) is 5.32 Å². The molecular weight excluding hydrogens is 251 g/mol. The lowest BCUT2D eigenvalue weighted by Gasteiger charge is -2.13. The topological polar surface area (TPSA) is 12.0 Å². The number of hydrogen-bond donors (Lipinski definition) is 1. The summed E-state index contributed by atoms with van der Waals surface area (Å²) in [6.45, 7) is 2.37. The largest absolute Gasteiger partial charge is 0.416 e. The van der Waals surface area contributed by atoms with Crippen LogP contribution in [0.5, 0.6) is 0 Å². The summed E-state index contributed by atoms with van der Waals surface area (Å²) < 4.78 is 37.3. The first-order chi connectivity index (χ1) is 7.93. The minimum atomic E-state index is -4.28. The molecule has 0 saturated carbocycles. The van der Waals surface area contributed by atoms with Gasteiger partial charge in [-0.3, -0.25) is 0 Å². The van der Waals surface area contributed by atoms with Gasteiger partial charge in [-0.1, -0.05) is 18.2 Å². The normalized spacial score (nSPS) is 13.7. The number of rotatable bonds is 5. The van der Waals surface area contributed by atoms with Gasteiger partial charge in [-0.15, -0.1) is 11.6 Å². The van der Waals surface area contributed by atoms with Gasteiger partial charge < -0.3 is 5.32 Å². The van der Waals surface area contributed by atoms with Crippen molar-refractivity contribution >= 4 is 11.6 Å². The maximum Gasteiger partial charge on any atom is 0.416 e. The number of benzene rings is 1. The number of alkyl halides is 4. The molecule has 0 aliphatic heterocycles. The van der Waals surface area contributed by atoms with Crippen LogP contribution in [0.2, 0.25) is 0 Å². The summed E-state index contributed by atoms with van der Waals surface area (Å²) in [6.07, 6.45) is -3.49. The molecule has 1 nitrogen and oxygen atoms in total. The van der Waals surface area contributed by atoms with Gasteiger partial charge in [-0.2, -0.15) is 13.2 Å². The van der Waals surface area contributed by atoms with Crippen LogP contribution in [0.3, 0.4) is 0 Å². The highest BCUT2D eigenvalue weighted by atomic mass is 35.5. The summed E-state index contributed by atoms with van der Waals surface area (Å²) in [5.74, 6) is 0.538. The van der Waals surface area contributed by atoms with Crippen LogP contribution in [0.15, 0.2) is 24.3 Å². The molecule has 1 atom stereocenters. The average Bonchev–Trinajstić information content (AvgIpc) is 2.26. The fraction of sp³-hybridized carbons (Fsp3) is 0.500. The second-order valence-electron chi connectivity index (χ2n) is 3.96. The number of halogens is 4. The van der Waals surface area contributed by atoms with Crippen molar-refractivity contribution in [2.75, 3.05) is 5.88 Å². The highest BCUT2D eigenvalue weighted by Gasteiger charge is 2.30. The van der Waals surface area contributed by atoms with Crippen molar-refractivity contribution < 1.29 is 13.2 Å². The van der Waals surface area contributed by atoms with Gasteiger partial charge in [0.25, 0.3) is 0 Å². The van der Waals surface area contributed by atoms with E-state index in [0.717, 1.165) is 12.5 Å². The van der Waals surface area contributed by atoms with Crippen LogP contribution in [0.25, 0.3) is 0 Å². The molecule has 5 heteroatoms. The SMILES string of the molecule is CC(CCCl)NCc1cccc(C(F)(F)F)c1. The molecule has 1 rings (SSSR count). The molecule has 0 aromatic heterocycles. The summed E-state index contributed by atoms with van der Waals surface area (Å²) in [7, 11) is 0. The molecule has 1 aromatic rings. The molecule has 1 N–H and O–H groups in total. The Kier molecular flexibility index (Phi) is 5.28. The van der Waals surface area contributed by atoms with E-state index in [9.17, 15) is 13.2 Å². The van der Waals surface area contributed by atoms with E-state index in [4.69, 9.17) is 11.6 Å². The first kappa shape index (κ1) is 14.3. The molecule has 0 radical (unpaired) electrons. The summed E-state index contributed by atoms with van der Waals surface area (Å²) in [5.41, 5.74) is 0.0167. The molecule has 0 aliphatic carbocycles. The fourth-order valence-corrected chi connectivity index (χ4v) is 1.74. The van der Waals surface area contributed by atoms with Gasteiger partial charge in [-0.05, 0) is 25.0 Å². The standard InChI is InChI=1S/C12H15ClF3N/c1-9(5-6-13)17-8-10-3-2-4-11(7-10)12(14,15)16/h2-4,7,9,17H,5-6,8H2,1H3. The highest BCUT2D eigenvalue weighted by Crippen LogP contribution is 2.29. The van der Waals surface area contributed by atoms with Gasteiger partial charge in [-0.25, -0.2) is 0 Å². The van der Waals surface area contributed by atoms with Crippen LogP contribution in [0.4, 0.5) is 13.2 Å². The molecule has 0 saturated heterocycles. The molecule has 0 fully saturated rings. The molecule has 1 aromatic carbocycles. The van der Waals surface area contributed by atoms with Crippen LogP contribution in [-0.2, 0) is 12.7 Å². The van der Waals surface area contributed by atoms with Crippen molar-refractivity contribution in [3.8, 4) is 0 Å². The van der Waals surface area contributed by atoms with Gasteiger partial charge >= 0.3 is 6.18 Å². The zero-order valence-corrected chi connectivity index (χ0v) is 10.3. The minimum absolute atomic E-state index is 0.196. The van der Waals surface area contributed by atoms with E-state index in [1.807, 2.05) is 6.92 Å². The maximum absolute atomic E-state index is 12.4. The van der Waals surface area contributed by atoms with Gasteiger partial charge in [0, 0.05) is 18.5 Å². The van der Waals surface area contributed by atoms with Crippen LogP contribution >= 0.6 is 11.6 Å². The molecule has 0 bridgehead atoms. The zero-order chi connectivity index (χ0) is 12.9. The summed E-state index contributed by atoms with van der Waals surface area (Å²) in [5, 5.41) is 3.13. The predicted molar refractivity (Wildman–Crippen MR) is 63.1 cm³/mol.